The molecule has 1 heterocycles. The van der Waals surface area contributed by atoms with Gasteiger partial charge in [-0.1, -0.05) is 12.1 Å². The van der Waals surface area contributed by atoms with Crippen molar-refractivity contribution < 1.29 is 27.4 Å². The number of alkyl carbamates (subject to hydrolysis) is 1. The van der Waals surface area contributed by atoms with Gasteiger partial charge >= 0.3 is 12.3 Å². The van der Waals surface area contributed by atoms with Gasteiger partial charge in [0.1, 0.15) is 12.6 Å². The molecule has 1 fully saturated rings. The summed E-state index contributed by atoms with van der Waals surface area (Å²) >= 11 is 0. The van der Waals surface area contributed by atoms with Gasteiger partial charge in [-0.05, 0) is 36.4 Å². The average molecular weight is 392 g/mol. The van der Waals surface area contributed by atoms with Crippen LogP contribution < -0.4 is 10.6 Å². The molecule has 0 bridgehead atoms. The molecule has 0 radical (unpaired) electrons. The monoisotopic (exact) mass is 392 g/mol. The predicted molar refractivity (Wildman–Crippen MR) is 95.1 cm³/mol. The molecule has 28 heavy (non-hydrogen) atoms. The lowest BCUT2D eigenvalue weighted by Crippen LogP contribution is -2.36. The van der Waals surface area contributed by atoms with Gasteiger partial charge in [0.05, 0.1) is 16.8 Å². The maximum absolute atomic E-state index is 12.7. The first-order valence-electron chi connectivity index (χ1n) is 8.06. The highest BCUT2D eigenvalue weighted by atomic mass is 19.4. The zero-order chi connectivity index (χ0) is 20.3. The Morgan fingerprint density at radius 2 is 1.82 bits per heavy atom. The number of hydrogen-bond acceptors (Lipinski definition) is 6. The van der Waals surface area contributed by atoms with Crippen molar-refractivity contribution in [3.05, 3.63) is 59.7 Å². The Hall–Kier alpha value is -3.56. The molecular formula is C18H15F3N4O3. The van der Waals surface area contributed by atoms with Gasteiger partial charge < -0.3 is 20.1 Å². The number of para-hydroxylation sites is 1. The molecule has 0 spiro atoms. The quantitative estimate of drug-likeness (QED) is 0.468. The molecule has 1 aliphatic rings. The summed E-state index contributed by atoms with van der Waals surface area (Å²) in [4.78, 5) is 11.0. The molecule has 2 aromatic carbocycles. The van der Waals surface area contributed by atoms with Crippen LogP contribution in [0.2, 0.25) is 0 Å². The normalized spacial score (nSPS) is 16.1. The molecule has 7 nitrogen and oxygen atoms in total. The number of alkyl halides is 3. The fraction of sp³-hybridized carbons (Fsp3) is 0.167. The molecule has 1 saturated heterocycles. The molecule has 1 amide bonds. The third-order valence-electron chi connectivity index (χ3n) is 3.86. The van der Waals surface area contributed by atoms with Crippen LogP contribution in [-0.4, -0.2) is 30.5 Å². The van der Waals surface area contributed by atoms with Crippen molar-refractivity contribution in [1.29, 1.82) is 10.8 Å². The van der Waals surface area contributed by atoms with Crippen LogP contribution in [0.4, 0.5) is 29.3 Å². The number of hydrogen-bond donors (Lipinski definition) is 4. The van der Waals surface area contributed by atoms with Gasteiger partial charge in [-0.15, -0.1) is 0 Å². The Balaban J connectivity index is 1.73. The second-order valence-electron chi connectivity index (χ2n) is 5.84. The largest absolute Gasteiger partial charge is 0.447 e. The summed E-state index contributed by atoms with van der Waals surface area (Å²) in [6.07, 6.45) is -5.10. The standard InChI is InChI=1S/C18H15F3N4O3/c19-18(20,21)10-5-7-11(8-6-10)24-13-4-2-1-3-12(13)15(22)28-16(23)14-9-27-17(26)25-14/h1-8,14,22-24H,9H2,(H,25,26). The minimum atomic E-state index is -4.42. The number of anilines is 2. The van der Waals surface area contributed by atoms with Crippen molar-refractivity contribution in [2.24, 2.45) is 0 Å². The van der Waals surface area contributed by atoms with Crippen LogP contribution in [-0.2, 0) is 15.7 Å². The summed E-state index contributed by atoms with van der Waals surface area (Å²) < 4.78 is 47.9. The highest BCUT2D eigenvalue weighted by molar-refractivity contribution is 6.05. The molecule has 2 aromatic rings. The van der Waals surface area contributed by atoms with Gasteiger partial charge in [0.15, 0.2) is 0 Å². The number of amides is 1. The zero-order valence-corrected chi connectivity index (χ0v) is 14.3. The zero-order valence-electron chi connectivity index (χ0n) is 14.3. The van der Waals surface area contributed by atoms with E-state index in [4.69, 9.17) is 15.6 Å². The SMILES string of the molecule is N=C(OC(=N)C1COC(=O)N1)c1ccccc1Nc1ccc(C(F)(F)F)cc1. The molecule has 10 heteroatoms. The first-order chi connectivity index (χ1) is 13.2. The summed E-state index contributed by atoms with van der Waals surface area (Å²) in [5.41, 5.74) is 0.320. The van der Waals surface area contributed by atoms with Crippen LogP contribution in [0.5, 0.6) is 0 Å². The first kappa shape index (κ1) is 19.2. The molecule has 1 atom stereocenters. The van der Waals surface area contributed by atoms with E-state index < -0.39 is 23.9 Å². The van der Waals surface area contributed by atoms with Crippen molar-refractivity contribution in [2.75, 3.05) is 11.9 Å². The summed E-state index contributed by atoms with van der Waals surface area (Å²) in [5, 5.41) is 21.2. The Morgan fingerprint density at radius 1 is 1.14 bits per heavy atom. The number of carbonyl (C=O) groups is 1. The Morgan fingerprint density at radius 3 is 2.43 bits per heavy atom. The third kappa shape index (κ3) is 4.40. The van der Waals surface area contributed by atoms with Crippen LogP contribution in [0.1, 0.15) is 11.1 Å². The molecule has 4 N–H and O–H groups in total. The minimum absolute atomic E-state index is 0.0730. The van der Waals surface area contributed by atoms with Crippen molar-refractivity contribution >= 4 is 29.3 Å². The summed E-state index contributed by atoms with van der Waals surface area (Å²) in [5.74, 6) is -0.721. The molecule has 1 aliphatic heterocycles. The van der Waals surface area contributed by atoms with Crippen molar-refractivity contribution in [1.82, 2.24) is 5.32 Å². The van der Waals surface area contributed by atoms with E-state index in [2.05, 4.69) is 15.4 Å². The van der Waals surface area contributed by atoms with E-state index >= 15 is 0 Å². The van der Waals surface area contributed by atoms with Gasteiger partial charge in [-0.2, -0.15) is 13.2 Å². The maximum Gasteiger partial charge on any atom is 0.416 e. The lowest BCUT2D eigenvalue weighted by molar-refractivity contribution is -0.137. The fourth-order valence-corrected chi connectivity index (χ4v) is 2.45. The molecular weight excluding hydrogens is 377 g/mol. The molecule has 146 valence electrons. The van der Waals surface area contributed by atoms with Crippen LogP contribution >= 0.6 is 0 Å². The van der Waals surface area contributed by atoms with Crippen LogP contribution in [0.15, 0.2) is 48.5 Å². The van der Waals surface area contributed by atoms with E-state index in [0.29, 0.717) is 11.4 Å². The van der Waals surface area contributed by atoms with Crippen molar-refractivity contribution in [2.45, 2.75) is 12.2 Å². The Labute approximate surface area is 157 Å². The summed E-state index contributed by atoms with van der Waals surface area (Å²) in [6.45, 7) is -0.0730. The molecule has 0 aromatic heterocycles. The number of nitrogens with one attached hydrogen (secondary N) is 4. The topological polar surface area (TPSA) is 107 Å². The lowest BCUT2D eigenvalue weighted by atomic mass is 10.1. The van der Waals surface area contributed by atoms with E-state index in [0.717, 1.165) is 12.1 Å². The van der Waals surface area contributed by atoms with Gasteiger partial charge in [0.25, 0.3) is 0 Å². The summed E-state index contributed by atoms with van der Waals surface area (Å²) in [6, 6.07) is 10.2. The highest BCUT2D eigenvalue weighted by Crippen LogP contribution is 2.30. The first-order valence-corrected chi connectivity index (χ1v) is 8.06. The Kier molecular flexibility index (Phi) is 5.21. The van der Waals surface area contributed by atoms with Crippen LogP contribution in [0.3, 0.4) is 0 Å². The van der Waals surface area contributed by atoms with Crippen molar-refractivity contribution in [3.8, 4) is 0 Å². The smallest absolute Gasteiger partial charge is 0.416 e. The number of halogens is 3. The van der Waals surface area contributed by atoms with E-state index in [1.165, 1.54) is 12.1 Å². The fourth-order valence-electron chi connectivity index (χ4n) is 2.45. The molecule has 1 unspecified atom stereocenters. The molecule has 0 aliphatic carbocycles. The second-order valence-corrected chi connectivity index (χ2v) is 5.84. The number of cyclic esters (lactones) is 1. The number of rotatable bonds is 4. The lowest BCUT2D eigenvalue weighted by Gasteiger charge is -2.15. The van der Waals surface area contributed by atoms with Crippen molar-refractivity contribution in [3.63, 3.8) is 0 Å². The predicted octanol–water partition coefficient (Wildman–Crippen LogP) is 3.88. The maximum atomic E-state index is 12.7. The number of carbonyl (C=O) groups excluding carboxylic acids is 1. The molecule has 3 rings (SSSR count). The van der Waals surface area contributed by atoms with Gasteiger partial charge in [0.2, 0.25) is 11.8 Å². The second kappa shape index (κ2) is 7.59. The van der Waals surface area contributed by atoms with Gasteiger partial charge in [0, 0.05) is 5.69 Å². The van der Waals surface area contributed by atoms with E-state index in [1.807, 2.05) is 0 Å². The van der Waals surface area contributed by atoms with E-state index in [1.54, 1.807) is 24.3 Å². The average Bonchev–Trinajstić information content (AvgIpc) is 3.08. The Bertz CT molecular complexity index is 913. The molecule has 0 saturated carbocycles. The number of benzene rings is 2. The van der Waals surface area contributed by atoms with E-state index in [9.17, 15) is 18.0 Å². The minimum Gasteiger partial charge on any atom is -0.447 e. The third-order valence-corrected chi connectivity index (χ3v) is 3.86. The van der Waals surface area contributed by atoms with Gasteiger partial charge in [-0.25, -0.2) is 4.79 Å². The van der Waals surface area contributed by atoms with Crippen LogP contribution in [0, 0.1) is 10.8 Å². The highest BCUT2D eigenvalue weighted by Gasteiger charge is 2.30. The van der Waals surface area contributed by atoms with Crippen LogP contribution in [0.25, 0.3) is 0 Å². The van der Waals surface area contributed by atoms with Gasteiger partial charge in [-0.3, -0.25) is 10.8 Å². The summed E-state index contributed by atoms with van der Waals surface area (Å²) in [7, 11) is 0. The van der Waals surface area contributed by atoms with E-state index in [-0.39, 0.29) is 24.0 Å². The number of ether oxygens (including phenoxy) is 2.